The van der Waals surface area contributed by atoms with Gasteiger partial charge in [0.2, 0.25) is 0 Å². The predicted octanol–water partition coefficient (Wildman–Crippen LogP) is 1.24. The first-order valence-electron chi connectivity index (χ1n) is 6.87. The number of ether oxygens (including phenoxy) is 1. The van der Waals surface area contributed by atoms with Crippen LogP contribution >= 0.6 is 0 Å². The standard InChI is InChI=1S/C13H24N2O/c1-9(2)12-8-14-5-6-15(12)11-7-10-3-4-13(11)16-10/h9-14H,3-8H2,1-2H3. The quantitative estimate of drug-likeness (QED) is 0.763. The van der Waals surface area contributed by atoms with Gasteiger partial charge in [-0.3, -0.25) is 4.90 Å². The number of hydrogen-bond donors (Lipinski definition) is 1. The lowest BCUT2D eigenvalue weighted by molar-refractivity contribution is 0.0285. The molecule has 0 saturated carbocycles. The van der Waals surface area contributed by atoms with Crippen LogP contribution < -0.4 is 5.32 Å². The highest BCUT2D eigenvalue weighted by Gasteiger charge is 2.45. The number of rotatable bonds is 2. The van der Waals surface area contributed by atoms with Gasteiger partial charge in [0.1, 0.15) is 0 Å². The van der Waals surface area contributed by atoms with Crippen molar-refractivity contribution in [1.29, 1.82) is 0 Å². The molecule has 4 atom stereocenters. The Labute approximate surface area is 98.5 Å². The van der Waals surface area contributed by atoms with Crippen molar-refractivity contribution in [2.75, 3.05) is 19.6 Å². The Kier molecular flexibility index (Phi) is 2.94. The lowest BCUT2D eigenvalue weighted by Gasteiger charge is -2.44. The second-order valence-electron chi connectivity index (χ2n) is 5.93. The number of hydrogen-bond acceptors (Lipinski definition) is 3. The van der Waals surface area contributed by atoms with Crippen LogP contribution in [0.15, 0.2) is 0 Å². The molecule has 3 heterocycles. The summed E-state index contributed by atoms with van der Waals surface area (Å²) in [5, 5.41) is 3.53. The molecule has 0 amide bonds. The molecule has 0 aromatic rings. The summed E-state index contributed by atoms with van der Waals surface area (Å²) in [7, 11) is 0. The molecule has 3 rings (SSSR count). The molecule has 3 aliphatic heterocycles. The van der Waals surface area contributed by atoms with Crippen LogP contribution in [0.5, 0.6) is 0 Å². The van der Waals surface area contributed by atoms with Crippen molar-refractivity contribution in [3.05, 3.63) is 0 Å². The largest absolute Gasteiger partial charge is 0.373 e. The van der Waals surface area contributed by atoms with Crippen molar-refractivity contribution < 1.29 is 4.74 Å². The molecule has 2 bridgehead atoms. The molecule has 3 saturated heterocycles. The van der Waals surface area contributed by atoms with E-state index in [9.17, 15) is 0 Å². The number of nitrogens with one attached hydrogen (secondary N) is 1. The average molecular weight is 224 g/mol. The molecular formula is C13H24N2O. The number of fused-ring (bicyclic) bond motifs is 2. The fourth-order valence-electron chi connectivity index (χ4n) is 3.73. The first-order valence-corrected chi connectivity index (χ1v) is 6.87. The molecule has 92 valence electrons. The minimum atomic E-state index is 0.546. The topological polar surface area (TPSA) is 24.5 Å². The summed E-state index contributed by atoms with van der Waals surface area (Å²) < 4.78 is 6.00. The highest BCUT2D eigenvalue weighted by molar-refractivity contribution is 4.99. The van der Waals surface area contributed by atoms with Gasteiger partial charge in [0.25, 0.3) is 0 Å². The molecule has 3 nitrogen and oxygen atoms in total. The van der Waals surface area contributed by atoms with E-state index < -0.39 is 0 Å². The Morgan fingerprint density at radius 2 is 2.19 bits per heavy atom. The number of piperazine rings is 1. The molecule has 0 aromatic heterocycles. The third-order valence-corrected chi connectivity index (χ3v) is 4.60. The van der Waals surface area contributed by atoms with E-state index in [2.05, 4.69) is 24.1 Å². The molecule has 0 aliphatic carbocycles. The fraction of sp³-hybridized carbons (Fsp3) is 1.00. The van der Waals surface area contributed by atoms with Crippen LogP contribution in [0.25, 0.3) is 0 Å². The first-order chi connectivity index (χ1) is 7.75. The highest BCUT2D eigenvalue weighted by Crippen LogP contribution is 2.38. The Morgan fingerprint density at radius 3 is 2.81 bits per heavy atom. The van der Waals surface area contributed by atoms with Gasteiger partial charge < -0.3 is 10.1 Å². The lowest BCUT2D eigenvalue weighted by atomic mass is 9.90. The van der Waals surface area contributed by atoms with E-state index in [1.807, 2.05) is 0 Å². The van der Waals surface area contributed by atoms with E-state index in [4.69, 9.17) is 4.74 Å². The van der Waals surface area contributed by atoms with Gasteiger partial charge >= 0.3 is 0 Å². The Balaban J connectivity index is 1.71. The van der Waals surface area contributed by atoms with Crippen LogP contribution in [0.3, 0.4) is 0 Å². The van der Waals surface area contributed by atoms with Crippen LogP contribution in [-0.2, 0) is 4.74 Å². The van der Waals surface area contributed by atoms with Gasteiger partial charge in [-0.1, -0.05) is 13.8 Å². The van der Waals surface area contributed by atoms with E-state index in [0.29, 0.717) is 24.3 Å². The third kappa shape index (κ3) is 1.79. The van der Waals surface area contributed by atoms with E-state index in [0.717, 1.165) is 19.0 Å². The van der Waals surface area contributed by atoms with Crippen molar-refractivity contribution in [2.24, 2.45) is 5.92 Å². The highest BCUT2D eigenvalue weighted by atomic mass is 16.5. The zero-order valence-corrected chi connectivity index (χ0v) is 10.5. The van der Waals surface area contributed by atoms with Gasteiger partial charge in [0.15, 0.2) is 0 Å². The lowest BCUT2D eigenvalue weighted by Crippen LogP contribution is -2.59. The van der Waals surface area contributed by atoms with Crippen molar-refractivity contribution in [1.82, 2.24) is 10.2 Å². The fourth-order valence-corrected chi connectivity index (χ4v) is 3.73. The summed E-state index contributed by atoms with van der Waals surface area (Å²) in [5.74, 6) is 0.743. The van der Waals surface area contributed by atoms with Gasteiger partial charge in [0.05, 0.1) is 12.2 Å². The van der Waals surface area contributed by atoms with Crippen LogP contribution in [-0.4, -0.2) is 48.8 Å². The van der Waals surface area contributed by atoms with E-state index in [1.54, 1.807) is 0 Å². The van der Waals surface area contributed by atoms with Gasteiger partial charge in [-0.15, -0.1) is 0 Å². The summed E-state index contributed by atoms with van der Waals surface area (Å²) in [6.07, 6.45) is 5.01. The maximum absolute atomic E-state index is 6.00. The molecule has 3 fully saturated rings. The Bertz CT molecular complexity index is 256. The second-order valence-corrected chi connectivity index (χ2v) is 5.93. The van der Waals surface area contributed by atoms with Crippen LogP contribution in [0, 0.1) is 5.92 Å². The van der Waals surface area contributed by atoms with E-state index in [1.165, 1.54) is 25.8 Å². The smallest absolute Gasteiger partial charge is 0.0736 e. The third-order valence-electron chi connectivity index (χ3n) is 4.60. The molecular weight excluding hydrogens is 200 g/mol. The zero-order chi connectivity index (χ0) is 11.1. The van der Waals surface area contributed by atoms with Gasteiger partial charge in [-0.25, -0.2) is 0 Å². The molecule has 0 radical (unpaired) electrons. The van der Waals surface area contributed by atoms with Crippen molar-refractivity contribution in [3.8, 4) is 0 Å². The van der Waals surface area contributed by atoms with Crippen LogP contribution in [0.4, 0.5) is 0 Å². The summed E-state index contributed by atoms with van der Waals surface area (Å²) in [4.78, 5) is 2.74. The normalized spacial score (nSPS) is 44.4. The SMILES string of the molecule is CC(C)C1CNCCN1C1CC2CCC1O2. The molecule has 1 N–H and O–H groups in total. The Morgan fingerprint density at radius 1 is 1.31 bits per heavy atom. The summed E-state index contributed by atoms with van der Waals surface area (Å²) in [5.41, 5.74) is 0. The molecule has 4 unspecified atom stereocenters. The molecule has 0 aromatic carbocycles. The van der Waals surface area contributed by atoms with Crippen molar-refractivity contribution in [2.45, 2.75) is 57.4 Å². The monoisotopic (exact) mass is 224 g/mol. The maximum atomic E-state index is 6.00. The minimum Gasteiger partial charge on any atom is -0.373 e. The molecule has 16 heavy (non-hydrogen) atoms. The minimum absolute atomic E-state index is 0.546. The van der Waals surface area contributed by atoms with Crippen LogP contribution in [0.1, 0.15) is 33.1 Å². The van der Waals surface area contributed by atoms with Crippen molar-refractivity contribution >= 4 is 0 Å². The second kappa shape index (κ2) is 4.28. The van der Waals surface area contributed by atoms with Gasteiger partial charge in [-0.05, 0) is 25.2 Å². The number of nitrogens with zero attached hydrogens (tertiary/aromatic N) is 1. The van der Waals surface area contributed by atoms with Gasteiger partial charge in [0, 0.05) is 31.7 Å². The van der Waals surface area contributed by atoms with Gasteiger partial charge in [-0.2, -0.15) is 0 Å². The van der Waals surface area contributed by atoms with Crippen molar-refractivity contribution in [3.63, 3.8) is 0 Å². The summed E-state index contributed by atoms with van der Waals surface area (Å²) in [6.45, 7) is 8.21. The Hall–Kier alpha value is -0.120. The van der Waals surface area contributed by atoms with E-state index >= 15 is 0 Å². The molecule has 0 spiro atoms. The average Bonchev–Trinajstić information content (AvgIpc) is 2.90. The summed E-state index contributed by atoms with van der Waals surface area (Å²) >= 11 is 0. The summed E-state index contributed by atoms with van der Waals surface area (Å²) in [6, 6.07) is 1.43. The first kappa shape index (κ1) is 11.0. The molecule has 3 heteroatoms. The molecule has 3 aliphatic rings. The predicted molar refractivity (Wildman–Crippen MR) is 64.5 cm³/mol. The maximum Gasteiger partial charge on any atom is 0.0736 e. The zero-order valence-electron chi connectivity index (χ0n) is 10.5. The van der Waals surface area contributed by atoms with Crippen LogP contribution in [0.2, 0.25) is 0 Å². The van der Waals surface area contributed by atoms with E-state index in [-0.39, 0.29) is 0 Å².